The number of hydrogen-bond donors (Lipinski definition) is 1. The Balaban J connectivity index is 1.40. The van der Waals surface area contributed by atoms with E-state index < -0.39 is 0 Å². The second-order valence-electron chi connectivity index (χ2n) is 7.99. The van der Waals surface area contributed by atoms with Crippen molar-refractivity contribution in [1.29, 1.82) is 0 Å². The van der Waals surface area contributed by atoms with Crippen LogP contribution in [0.2, 0.25) is 0 Å². The van der Waals surface area contributed by atoms with E-state index in [2.05, 4.69) is 20.2 Å². The van der Waals surface area contributed by atoms with Crippen molar-refractivity contribution in [2.45, 2.75) is 39.3 Å². The van der Waals surface area contributed by atoms with Crippen LogP contribution in [0.1, 0.15) is 42.6 Å². The Hall–Kier alpha value is -3.41. The summed E-state index contributed by atoms with van der Waals surface area (Å²) in [7, 11) is 0. The van der Waals surface area contributed by atoms with Gasteiger partial charge in [-0.3, -0.25) is 9.78 Å². The first-order valence-corrected chi connectivity index (χ1v) is 10.8. The van der Waals surface area contributed by atoms with E-state index in [0.29, 0.717) is 12.1 Å². The minimum Gasteiger partial charge on any atom is -0.491 e. The summed E-state index contributed by atoms with van der Waals surface area (Å²) in [6, 6.07) is 15.3. The molecule has 0 saturated carbocycles. The number of anilines is 1. The van der Waals surface area contributed by atoms with Crippen LogP contribution in [0.4, 0.5) is 5.82 Å². The number of aromatic nitrogens is 2. The van der Waals surface area contributed by atoms with Gasteiger partial charge in [-0.25, -0.2) is 4.98 Å². The first-order chi connectivity index (χ1) is 15.1. The summed E-state index contributed by atoms with van der Waals surface area (Å²) in [6.07, 6.45) is 5.96. The van der Waals surface area contributed by atoms with E-state index in [1.54, 1.807) is 12.4 Å². The Kier molecular flexibility index (Phi) is 6.46. The van der Waals surface area contributed by atoms with Gasteiger partial charge in [-0.15, -0.1) is 0 Å². The van der Waals surface area contributed by atoms with E-state index in [-0.39, 0.29) is 12.0 Å². The number of carbonyl (C=O) groups excluding carboxylic acids is 1. The number of carbonyl (C=O) groups is 1. The molecular weight excluding hydrogens is 388 g/mol. The molecule has 1 aliphatic heterocycles. The first-order valence-electron chi connectivity index (χ1n) is 10.8. The summed E-state index contributed by atoms with van der Waals surface area (Å²) < 4.78 is 5.65. The summed E-state index contributed by atoms with van der Waals surface area (Å²) in [5.74, 6) is 1.65. The zero-order valence-corrected chi connectivity index (χ0v) is 18.0. The number of benzene rings is 2. The molecule has 6 heteroatoms. The quantitative estimate of drug-likeness (QED) is 0.616. The smallest absolute Gasteiger partial charge is 0.251 e. The lowest BCUT2D eigenvalue weighted by Crippen LogP contribution is -2.22. The van der Waals surface area contributed by atoms with Crippen LogP contribution in [0.25, 0.3) is 11.3 Å². The number of ether oxygens (including phenoxy) is 1. The number of amides is 1. The maximum atomic E-state index is 12.6. The lowest BCUT2D eigenvalue weighted by atomic mass is 10.1. The van der Waals surface area contributed by atoms with Crippen LogP contribution in [0.3, 0.4) is 0 Å². The number of nitrogens with one attached hydrogen (secondary N) is 1. The van der Waals surface area contributed by atoms with Crippen molar-refractivity contribution in [2.24, 2.45) is 0 Å². The number of rotatable bonds is 7. The molecule has 160 valence electrons. The van der Waals surface area contributed by atoms with E-state index in [9.17, 15) is 4.79 Å². The number of hydrogen-bond acceptors (Lipinski definition) is 5. The molecule has 1 N–H and O–H groups in total. The van der Waals surface area contributed by atoms with Gasteiger partial charge in [0, 0.05) is 43.2 Å². The van der Waals surface area contributed by atoms with Crippen LogP contribution >= 0.6 is 0 Å². The van der Waals surface area contributed by atoms with E-state index >= 15 is 0 Å². The zero-order chi connectivity index (χ0) is 21.6. The highest BCUT2D eigenvalue weighted by Gasteiger charge is 2.19. The molecule has 2 heterocycles. The fourth-order valence-electron chi connectivity index (χ4n) is 3.72. The predicted octanol–water partition coefficient (Wildman–Crippen LogP) is 4.46. The maximum absolute atomic E-state index is 12.6. The van der Waals surface area contributed by atoms with Gasteiger partial charge in [-0.05, 0) is 56.5 Å². The molecule has 0 radical (unpaired) electrons. The summed E-state index contributed by atoms with van der Waals surface area (Å²) in [6.45, 7) is 6.48. The number of nitrogens with zero attached hydrogens (tertiary/aromatic N) is 3. The van der Waals surface area contributed by atoms with Crippen molar-refractivity contribution in [1.82, 2.24) is 15.3 Å². The molecule has 2 aromatic carbocycles. The fourth-order valence-corrected chi connectivity index (χ4v) is 3.72. The average Bonchev–Trinajstić information content (AvgIpc) is 3.33. The van der Waals surface area contributed by atoms with E-state index in [4.69, 9.17) is 4.74 Å². The Bertz CT molecular complexity index is 1010. The molecule has 1 saturated heterocycles. The van der Waals surface area contributed by atoms with Crippen LogP contribution in [0, 0.1) is 0 Å². The summed E-state index contributed by atoms with van der Waals surface area (Å²) in [5, 5.41) is 2.97. The Morgan fingerprint density at radius 2 is 1.68 bits per heavy atom. The highest BCUT2D eigenvalue weighted by atomic mass is 16.5. The van der Waals surface area contributed by atoms with Gasteiger partial charge in [-0.2, -0.15) is 0 Å². The first kappa shape index (κ1) is 20.8. The monoisotopic (exact) mass is 416 g/mol. The Morgan fingerprint density at radius 3 is 2.35 bits per heavy atom. The second kappa shape index (κ2) is 9.60. The standard InChI is InChI=1S/C25H28N4O2/c1-18(2)31-22-11-5-19(6-12-22)17-28-25(30)21-9-7-20(8-10-21)23-24(27-14-13-26-23)29-15-3-4-16-29/h5-14,18H,3-4,15-17H2,1-2H3,(H,28,30). The molecule has 0 bridgehead atoms. The van der Waals surface area contributed by atoms with E-state index in [0.717, 1.165) is 41.5 Å². The van der Waals surface area contributed by atoms with Crippen molar-refractivity contribution in [2.75, 3.05) is 18.0 Å². The molecular formula is C25H28N4O2. The highest BCUT2D eigenvalue weighted by molar-refractivity contribution is 5.94. The van der Waals surface area contributed by atoms with Crippen molar-refractivity contribution >= 4 is 11.7 Å². The van der Waals surface area contributed by atoms with Gasteiger partial charge < -0.3 is 15.0 Å². The molecule has 1 aromatic heterocycles. The second-order valence-corrected chi connectivity index (χ2v) is 7.99. The lowest BCUT2D eigenvalue weighted by molar-refractivity contribution is 0.0951. The summed E-state index contributed by atoms with van der Waals surface area (Å²) in [5.41, 5.74) is 3.47. The van der Waals surface area contributed by atoms with Crippen molar-refractivity contribution in [3.8, 4) is 17.0 Å². The molecule has 0 spiro atoms. The third-order valence-corrected chi connectivity index (χ3v) is 5.25. The molecule has 1 aliphatic rings. The van der Waals surface area contributed by atoms with Crippen LogP contribution in [-0.2, 0) is 6.54 Å². The highest BCUT2D eigenvalue weighted by Crippen LogP contribution is 2.29. The third kappa shape index (κ3) is 5.20. The molecule has 1 amide bonds. The van der Waals surface area contributed by atoms with Gasteiger partial charge >= 0.3 is 0 Å². The predicted molar refractivity (Wildman–Crippen MR) is 122 cm³/mol. The average molecular weight is 417 g/mol. The van der Waals surface area contributed by atoms with Crippen LogP contribution in [0.5, 0.6) is 5.75 Å². The van der Waals surface area contributed by atoms with Crippen molar-refractivity contribution < 1.29 is 9.53 Å². The summed E-state index contributed by atoms with van der Waals surface area (Å²) in [4.78, 5) is 24.0. The zero-order valence-electron chi connectivity index (χ0n) is 18.0. The third-order valence-electron chi connectivity index (χ3n) is 5.25. The van der Waals surface area contributed by atoms with Gasteiger partial charge in [0.15, 0.2) is 5.82 Å². The van der Waals surface area contributed by atoms with Crippen LogP contribution in [-0.4, -0.2) is 35.1 Å². The molecule has 0 unspecified atom stereocenters. The molecule has 0 aliphatic carbocycles. The Morgan fingerprint density at radius 1 is 1.00 bits per heavy atom. The lowest BCUT2D eigenvalue weighted by Gasteiger charge is -2.19. The van der Waals surface area contributed by atoms with E-state index in [1.165, 1.54) is 12.8 Å². The van der Waals surface area contributed by atoms with E-state index in [1.807, 2.05) is 62.4 Å². The van der Waals surface area contributed by atoms with Gasteiger partial charge in [-0.1, -0.05) is 24.3 Å². The SMILES string of the molecule is CC(C)Oc1ccc(CNC(=O)c2ccc(-c3nccnc3N3CCCC3)cc2)cc1. The molecule has 1 fully saturated rings. The normalized spacial score (nSPS) is 13.5. The largest absolute Gasteiger partial charge is 0.491 e. The molecule has 4 rings (SSSR count). The van der Waals surface area contributed by atoms with Crippen molar-refractivity contribution in [3.63, 3.8) is 0 Å². The summed E-state index contributed by atoms with van der Waals surface area (Å²) >= 11 is 0. The molecule has 0 atom stereocenters. The van der Waals surface area contributed by atoms with Gasteiger partial charge in [0.2, 0.25) is 0 Å². The van der Waals surface area contributed by atoms with Gasteiger partial charge in [0.1, 0.15) is 11.4 Å². The minimum absolute atomic E-state index is 0.104. The molecule has 3 aromatic rings. The van der Waals surface area contributed by atoms with Gasteiger partial charge in [0.25, 0.3) is 5.91 Å². The minimum atomic E-state index is -0.104. The maximum Gasteiger partial charge on any atom is 0.251 e. The van der Waals surface area contributed by atoms with Crippen LogP contribution < -0.4 is 15.0 Å². The van der Waals surface area contributed by atoms with Gasteiger partial charge in [0.05, 0.1) is 6.10 Å². The van der Waals surface area contributed by atoms with Crippen LogP contribution in [0.15, 0.2) is 60.9 Å². The molecule has 6 nitrogen and oxygen atoms in total. The van der Waals surface area contributed by atoms with Crippen molar-refractivity contribution in [3.05, 3.63) is 72.1 Å². The Labute approximate surface area is 183 Å². The topological polar surface area (TPSA) is 67.3 Å². The fraction of sp³-hybridized carbons (Fsp3) is 0.320. The molecule has 31 heavy (non-hydrogen) atoms.